The Morgan fingerprint density at radius 2 is 2.15 bits per heavy atom. The van der Waals surface area contributed by atoms with Crippen molar-refractivity contribution in [2.24, 2.45) is 7.05 Å². The van der Waals surface area contributed by atoms with Crippen molar-refractivity contribution >= 4 is 5.91 Å². The predicted molar refractivity (Wildman–Crippen MR) is 77.4 cm³/mol. The van der Waals surface area contributed by atoms with E-state index in [1.54, 1.807) is 0 Å². The minimum Gasteiger partial charge on any atom is -0.395 e. The fraction of sp³-hybridized carbons (Fsp3) is 0.733. The molecule has 1 saturated carbocycles. The minimum absolute atomic E-state index is 0.0488. The fourth-order valence-corrected chi connectivity index (χ4v) is 2.87. The minimum atomic E-state index is 0.0488. The van der Waals surface area contributed by atoms with E-state index in [4.69, 9.17) is 5.11 Å². The second kappa shape index (κ2) is 6.39. The van der Waals surface area contributed by atoms with Gasteiger partial charge in [-0.2, -0.15) is 5.10 Å². The SMILES string of the molecule is Cc1nn(C)c(C)c1CCC(=O)N(CCO)C1CCC1. The first-order chi connectivity index (χ1) is 9.54. The van der Waals surface area contributed by atoms with Crippen LogP contribution in [0.2, 0.25) is 0 Å². The Kier molecular flexibility index (Phi) is 4.81. The summed E-state index contributed by atoms with van der Waals surface area (Å²) in [6.45, 7) is 4.54. The van der Waals surface area contributed by atoms with Gasteiger partial charge in [-0.25, -0.2) is 0 Å². The molecule has 1 heterocycles. The average Bonchev–Trinajstić information content (AvgIpc) is 2.58. The molecule has 0 unspecified atom stereocenters. The van der Waals surface area contributed by atoms with Gasteiger partial charge >= 0.3 is 0 Å². The van der Waals surface area contributed by atoms with Crippen LogP contribution in [0.25, 0.3) is 0 Å². The molecule has 5 heteroatoms. The van der Waals surface area contributed by atoms with Crippen LogP contribution in [0, 0.1) is 13.8 Å². The van der Waals surface area contributed by atoms with Gasteiger partial charge in [0.05, 0.1) is 12.3 Å². The third-order valence-corrected chi connectivity index (χ3v) is 4.42. The molecule has 1 aromatic rings. The predicted octanol–water partition coefficient (Wildman–Crippen LogP) is 1.34. The third kappa shape index (κ3) is 3.03. The van der Waals surface area contributed by atoms with E-state index in [2.05, 4.69) is 5.10 Å². The zero-order chi connectivity index (χ0) is 14.7. The zero-order valence-electron chi connectivity index (χ0n) is 12.7. The van der Waals surface area contributed by atoms with Crippen molar-refractivity contribution in [2.45, 2.75) is 52.0 Å². The lowest BCUT2D eigenvalue weighted by Gasteiger charge is -2.37. The molecule has 0 aliphatic heterocycles. The number of aryl methyl sites for hydroxylation is 2. The van der Waals surface area contributed by atoms with Crippen molar-refractivity contribution in [3.05, 3.63) is 17.0 Å². The summed E-state index contributed by atoms with van der Waals surface area (Å²) in [5, 5.41) is 13.5. The van der Waals surface area contributed by atoms with Gasteiger partial charge in [-0.1, -0.05) is 0 Å². The summed E-state index contributed by atoms with van der Waals surface area (Å²) >= 11 is 0. The quantitative estimate of drug-likeness (QED) is 0.855. The summed E-state index contributed by atoms with van der Waals surface area (Å²) in [6, 6.07) is 0.353. The van der Waals surface area contributed by atoms with E-state index in [0.717, 1.165) is 30.7 Å². The first-order valence-corrected chi connectivity index (χ1v) is 7.44. The van der Waals surface area contributed by atoms with Crippen LogP contribution in [0.3, 0.4) is 0 Å². The van der Waals surface area contributed by atoms with Crippen LogP contribution in [-0.2, 0) is 18.3 Å². The lowest BCUT2D eigenvalue weighted by atomic mass is 9.91. The number of amides is 1. The molecule has 0 spiro atoms. The number of aliphatic hydroxyl groups is 1. The second-order valence-corrected chi connectivity index (χ2v) is 5.67. The van der Waals surface area contributed by atoms with Crippen molar-refractivity contribution in [3.8, 4) is 0 Å². The first-order valence-electron chi connectivity index (χ1n) is 7.44. The zero-order valence-corrected chi connectivity index (χ0v) is 12.7. The largest absolute Gasteiger partial charge is 0.395 e. The topological polar surface area (TPSA) is 58.4 Å². The molecule has 0 saturated heterocycles. The van der Waals surface area contributed by atoms with Crippen molar-refractivity contribution < 1.29 is 9.90 Å². The lowest BCUT2D eigenvalue weighted by Crippen LogP contribution is -2.45. The lowest BCUT2D eigenvalue weighted by molar-refractivity contribution is -0.135. The number of nitrogens with zero attached hydrogens (tertiary/aromatic N) is 3. The molecule has 20 heavy (non-hydrogen) atoms. The molecule has 1 aliphatic rings. The van der Waals surface area contributed by atoms with Gasteiger partial charge in [0.1, 0.15) is 0 Å². The summed E-state index contributed by atoms with van der Waals surface area (Å²) in [7, 11) is 1.93. The average molecular weight is 279 g/mol. The molecule has 2 rings (SSSR count). The molecular formula is C15H25N3O2. The monoisotopic (exact) mass is 279 g/mol. The maximum Gasteiger partial charge on any atom is 0.223 e. The van der Waals surface area contributed by atoms with E-state index in [-0.39, 0.29) is 12.5 Å². The molecule has 1 aromatic heterocycles. The van der Waals surface area contributed by atoms with Crippen LogP contribution in [-0.4, -0.2) is 44.9 Å². The van der Waals surface area contributed by atoms with Crippen LogP contribution in [0.15, 0.2) is 0 Å². The van der Waals surface area contributed by atoms with Crippen molar-refractivity contribution in [2.75, 3.05) is 13.2 Å². The molecule has 0 atom stereocenters. The van der Waals surface area contributed by atoms with Gasteiger partial charge in [0.25, 0.3) is 0 Å². The fourth-order valence-electron chi connectivity index (χ4n) is 2.87. The maximum atomic E-state index is 12.4. The molecule has 0 aromatic carbocycles. The molecule has 0 radical (unpaired) electrons. The molecule has 1 fully saturated rings. The van der Waals surface area contributed by atoms with Crippen LogP contribution in [0.1, 0.15) is 42.6 Å². The summed E-state index contributed by atoms with van der Waals surface area (Å²) in [6.07, 6.45) is 4.59. The van der Waals surface area contributed by atoms with E-state index in [1.165, 1.54) is 12.0 Å². The van der Waals surface area contributed by atoms with Gasteiger partial charge in [0.2, 0.25) is 5.91 Å². The highest BCUT2D eigenvalue weighted by Gasteiger charge is 2.28. The van der Waals surface area contributed by atoms with Crippen molar-refractivity contribution in [1.29, 1.82) is 0 Å². The molecular weight excluding hydrogens is 254 g/mol. The summed E-state index contributed by atoms with van der Waals surface area (Å²) < 4.78 is 1.87. The summed E-state index contributed by atoms with van der Waals surface area (Å²) in [5.41, 5.74) is 3.32. The Hall–Kier alpha value is -1.36. The van der Waals surface area contributed by atoms with Gasteiger partial charge in [-0.05, 0) is 45.1 Å². The standard InChI is InChI=1S/C15H25N3O2/c1-11-14(12(2)17(3)16-11)7-8-15(20)18(9-10-19)13-5-4-6-13/h13,19H,4-10H2,1-3H3. The van der Waals surface area contributed by atoms with Crippen LogP contribution >= 0.6 is 0 Å². The molecule has 1 aliphatic carbocycles. The number of aliphatic hydroxyl groups excluding tert-OH is 1. The van der Waals surface area contributed by atoms with Crippen LogP contribution in [0.4, 0.5) is 0 Å². The van der Waals surface area contributed by atoms with Crippen LogP contribution in [0.5, 0.6) is 0 Å². The number of rotatable bonds is 6. The highest BCUT2D eigenvalue weighted by atomic mass is 16.3. The highest BCUT2D eigenvalue weighted by molar-refractivity contribution is 5.77. The first kappa shape index (κ1) is 15.0. The molecule has 1 N–H and O–H groups in total. The Morgan fingerprint density at radius 1 is 1.45 bits per heavy atom. The Bertz CT molecular complexity index is 478. The number of hydrogen-bond donors (Lipinski definition) is 1. The third-order valence-electron chi connectivity index (χ3n) is 4.42. The number of hydrogen-bond acceptors (Lipinski definition) is 3. The molecule has 5 nitrogen and oxygen atoms in total. The van der Waals surface area contributed by atoms with Gasteiger partial charge < -0.3 is 10.0 Å². The number of aromatic nitrogens is 2. The van der Waals surface area contributed by atoms with E-state index < -0.39 is 0 Å². The Morgan fingerprint density at radius 3 is 2.60 bits per heavy atom. The van der Waals surface area contributed by atoms with Gasteiger partial charge in [-0.15, -0.1) is 0 Å². The van der Waals surface area contributed by atoms with E-state index in [0.29, 0.717) is 19.0 Å². The normalized spacial score (nSPS) is 15.2. The van der Waals surface area contributed by atoms with Crippen molar-refractivity contribution in [3.63, 3.8) is 0 Å². The summed E-state index contributed by atoms with van der Waals surface area (Å²) in [4.78, 5) is 14.2. The number of carbonyl (C=O) groups is 1. The highest BCUT2D eigenvalue weighted by Crippen LogP contribution is 2.25. The van der Waals surface area contributed by atoms with Gasteiger partial charge in [0, 0.05) is 31.7 Å². The smallest absolute Gasteiger partial charge is 0.223 e. The summed E-state index contributed by atoms with van der Waals surface area (Å²) in [5.74, 6) is 0.159. The van der Waals surface area contributed by atoms with Gasteiger partial charge in [-0.3, -0.25) is 9.48 Å². The molecule has 112 valence electrons. The van der Waals surface area contributed by atoms with E-state index in [1.807, 2.05) is 30.5 Å². The Labute approximate surface area is 120 Å². The molecule has 0 bridgehead atoms. The maximum absolute atomic E-state index is 12.4. The molecule has 1 amide bonds. The van der Waals surface area contributed by atoms with E-state index >= 15 is 0 Å². The second-order valence-electron chi connectivity index (χ2n) is 5.67. The van der Waals surface area contributed by atoms with Crippen LogP contribution < -0.4 is 0 Å². The van der Waals surface area contributed by atoms with Crippen molar-refractivity contribution in [1.82, 2.24) is 14.7 Å². The van der Waals surface area contributed by atoms with Gasteiger partial charge in [0.15, 0.2) is 0 Å². The number of carbonyl (C=O) groups excluding carboxylic acids is 1. The Balaban J connectivity index is 1.96. The van der Waals surface area contributed by atoms with E-state index in [9.17, 15) is 4.79 Å².